The minimum absolute atomic E-state index is 0.345. The van der Waals surface area contributed by atoms with Crippen LogP contribution in [0.2, 0.25) is 0 Å². The fourth-order valence-electron chi connectivity index (χ4n) is 5.20. The summed E-state index contributed by atoms with van der Waals surface area (Å²) >= 11 is 0. The van der Waals surface area contributed by atoms with Gasteiger partial charge in [0.25, 0.3) is 0 Å². The molecule has 0 aromatic carbocycles. The molecule has 1 aliphatic carbocycles. The molecule has 3 heterocycles. The van der Waals surface area contributed by atoms with E-state index in [0.29, 0.717) is 18.6 Å². The van der Waals surface area contributed by atoms with E-state index in [1.165, 1.54) is 6.07 Å². The molecule has 130 valence electrons. The maximum absolute atomic E-state index is 12.6. The molecule has 1 N–H and O–H groups in total. The van der Waals surface area contributed by atoms with Crippen LogP contribution in [-0.4, -0.2) is 29.4 Å². The van der Waals surface area contributed by atoms with Crippen molar-refractivity contribution in [1.29, 1.82) is 0 Å². The number of rotatable bonds is 1. The first kappa shape index (κ1) is 15.8. The summed E-state index contributed by atoms with van der Waals surface area (Å²) < 4.78 is 17.2. The molecule has 0 amide bonds. The third-order valence-electron chi connectivity index (χ3n) is 6.21. The predicted octanol–water partition coefficient (Wildman–Crippen LogP) is 1.30. The maximum atomic E-state index is 12.6. The maximum Gasteiger partial charge on any atom is 0.336 e. The zero-order valence-electron chi connectivity index (χ0n) is 14.3. The van der Waals surface area contributed by atoms with Crippen molar-refractivity contribution in [2.24, 2.45) is 11.3 Å². The van der Waals surface area contributed by atoms with Crippen LogP contribution < -0.4 is 5.63 Å². The molecule has 0 bridgehead atoms. The van der Waals surface area contributed by atoms with Crippen LogP contribution in [0, 0.1) is 11.3 Å². The Morgan fingerprint density at radius 1 is 1.33 bits per heavy atom. The molecule has 4 rings (SSSR count). The van der Waals surface area contributed by atoms with Gasteiger partial charge in [-0.25, -0.2) is 4.79 Å². The second-order valence-corrected chi connectivity index (χ2v) is 7.52. The van der Waals surface area contributed by atoms with Crippen molar-refractivity contribution in [3.8, 4) is 0 Å². The Labute approximate surface area is 139 Å². The van der Waals surface area contributed by atoms with Gasteiger partial charge in [-0.1, -0.05) is 6.92 Å². The fraction of sp³-hybridized carbons (Fsp3) is 0.667. The van der Waals surface area contributed by atoms with Gasteiger partial charge in [0.2, 0.25) is 0 Å². The summed E-state index contributed by atoms with van der Waals surface area (Å²) in [5, 5.41) is 10.6. The molecule has 2 saturated heterocycles. The van der Waals surface area contributed by atoms with E-state index in [9.17, 15) is 14.7 Å². The van der Waals surface area contributed by atoms with E-state index in [-0.39, 0.29) is 12.0 Å². The molecule has 24 heavy (non-hydrogen) atoms. The van der Waals surface area contributed by atoms with Gasteiger partial charge in [-0.2, -0.15) is 0 Å². The lowest BCUT2D eigenvalue weighted by Crippen LogP contribution is -2.63. The van der Waals surface area contributed by atoms with E-state index in [1.54, 1.807) is 13.8 Å². The topological polar surface area (TPSA) is 86.0 Å². The van der Waals surface area contributed by atoms with Gasteiger partial charge in [0, 0.05) is 30.4 Å². The molecular weight excluding hydrogens is 312 g/mol. The summed E-state index contributed by atoms with van der Waals surface area (Å²) in [5.74, 6) is -0.122. The lowest BCUT2D eigenvalue weighted by molar-refractivity contribution is -0.248. The van der Waals surface area contributed by atoms with Gasteiger partial charge in [-0.05, 0) is 26.3 Å². The number of aliphatic hydroxyl groups is 1. The van der Waals surface area contributed by atoms with Crippen molar-refractivity contribution in [2.75, 3.05) is 0 Å². The number of ether oxygens (including phenoxy) is 2. The average molecular weight is 334 g/mol. The number of carbonyl (C=O) groups is 1. The smallest absolute Gasteiger partial charge is 0.336 e. The van der Waals surface area contributed by atoms with Crippen molar-refractivity contribution >= 4 is 5.97 Å². The first-order valence-corrected chi connectivity index (χ1v) is 8.46. The van der Waals surface area contributed by atoms with Crippen molar-refractivity contribution in [1.82, 2.24) is 0 Å². The van der Waals surface area contributed by atoms with E-state index >= 15 is 0 Å². The van der Waals surface area contributed by atoms with Gasteiger partial charge < -0.3 is 19.0 Å². The molecule has 6 heteroatoms. The number of aliphatic hydroxyl groups excluding tert-OH is 1. The lowest BCUT2D eigenvalue weighted by Gasteiger charge is -2.54. The van der Waals surface area contributed by atoms with Gasteiger partial charge in [-0.3, -0.25) is 4.79 Å². The molecule has 0 radical (unpaired) electrons. The number of carbonyl (C=O) groups excluding carboxylic acids is 1. The first-order valence-electron chi connectivity index (χ1n) is 8.46. The van der Waals surface area contributed by atoms with E-state index < -0.39 is 34.8 Å². The number of aryl methyl sites for hydroxylation is 1. The van der Waals surface area contributed by atoms with Gasteiger partial charge in [0.1, 0.15) is 17.3 Å². The highest BCUT2D eigenvalue weighted by Crippen LogP contribution is 2.60. The highest BCUT2D eigenvalue weighted by molar-refractivity contribution is 5.81. The van der Waals surface area contributed by atoms with Crippen LogP contribution in [0.4, 0.5) is 0 Å². The Morgan fingerprint density at radius 2 is 2.04 bits per heavy atom. The van der Waals surface area contributed by atoms with Crippen molar-refractivity contribution in [3.05, 3.63) is 33.4 Å². The van der Waals surface area contributed by atoms with Crippen LogP contribution in [0.25, 0.3) is 0 Å². The highest BCUT2D eigenvalue weighted by Gasteiger charge is 2.70. The van der Waals surface area contributed by atoms with E-state index in [1.807, 2.05) is 13.8 Å². The van der Waals surface area contributed by atoms with Crippen LogP contribution in [0.15, 0.2) is 15.3 Å². The number of hydrogen-bond acceptors (Lipinski definition) is 6. The summed E-state index contributed by atoms with van der Waals surface area (Å²) in [6.07, 6.45) is -0.824. The summed E-state index contributed by atoms with van der Waals surface area (Å²) in [5.41, 5.74) is -0.685. The SMILES string of the molecule is CCc1oc(=O)cc2c1CC1OC(=O)[C@]3(C)C1[C@]2(C)O[C@@H](C)[C@H]3O. The molecule has 2 fully saturated rings. The standard InChI is InChI=1S/C18H22O6/c1-5-11-9-6-12-14-17(3,16(21)23-12)15(20)8(2)24-18(14,4)10(9)7-13(19)22-11/h7-8,12,14-15,20H,5-6H2,1-4H3/t8-,12?,14?,15+,17+,18+/m0/s1. The average Bonchev–Trinajstić information content (AvgIpc) is 2.78. The molecule has 6 atom stereocenters. The zero-order chi connectivity index (χ0) is 17.4. The molecule has 0 saturated carbocycles. The minimum atomic E-state index is -1.04. The second kappa shape index (κ2) is 4.70. The Balaban J connectivity index is 2.00. The van der Waals surface area contributed by atoms with Crippen LogP contribution in [0.1, 0.15) is 44.6 Å². The first-order chi connectivity index (χ1) is 11.2. The lowest BCUT2D eigenvalue weighted by atomic mass is 9.57. The zero-order valence-corrected chi connectivity index (χ0v) is 14.3. The predicted molar refractivity (Wildman–Crippen MR) is 83.4 cm³/mol. The summed E-state index contributed by atoms with van der Waals surface area (Å²) in [4.78, 5) is 24.7. The molecule has 6 nitrogen and oxygen atoms in total. The molecule has 2 unspecified atom stereocenters. The highest BCUT2D eigenvalue weighted by atomic mass is 16.6. The van der Waals surface area contributed by atoms with E-state index in [0.717, 1.165) is 11.1 Å². The number of hydrogen-bond donors (Lipinski definition) is 1. The molecule has 1 aromatic rings. The minimum Gasteiger partial charge on any atom is -0.461 e. The van der Waals surface area contributed by atoms with Crippen molar-refractivity contribution < 1.29 is 23.8 Å². The van der Waals surface area contributed by atoms with Crippen molar-refractivity contribution in [3.63, 3.8) is 0 Å². The third kappa shape index (κ3) is 1.68. The summed E-state index contributed by atoms with van der Waals surface area (Å²) in [7, 11) is 0. The van der Waals surface area contributed by atoms with Crippen LogP contribution in [-0.2, 0) is 32.7 Å². The quantitative estimate of drug-likeness (QED) is 0.779. The van der Waals surface area contributed by atoms with Gasteiger partial charge >= 0.3 is 11.6 Å². The Kier molecular flexibility index (Phi) is 3.10. The summed E-state index contributed by atoms with van der Waals surface area (Å²) in [6, 6.07) is 1.47. The van der Waals surface area contributed by atoms with Gasteiger partial charge in [0.15, 0.2) is 0 Å². The number of fused-ring (bicyclic) bond motifs is 2. The molecule has 1 aromatic heterocycles. The largest absolute Gasteiger partial charge is 0.461 e. The van der Waals surface area contributed by atoms with Crippen LogP contribution in [0.3, 0.4) is 0 Å². The molecule has 3 aliphatic rings. The molecule has 2 aliphatic heterocycles. The fourth-order valence-corrected chi connectivity index (χ4v) is 5.20. The summed E-state index contributed by atoms with van der Waals surface area (Å²) in [6.45, 7) is 7.31. The van der Waals surface area contributed by atoms with Gasteiger partial charge in [-0.15, -0.1) is 0 Å². The Bertz CT molecular complexity index is 782. The van der Waals surface area contributed by atoms with E-state index in [4.69, 9.17) is 13.9 Å². The normalized spacial score (nSPS) is 43.1. The monoisotopic (exact) mass is 334 g/mol. The number of esters is 1. The van der Waals surface area contributed by atoms with Gasteiger partial charge in [0.05, 0.1) is 17.8 Å². The van der Waals surface area contributed by atoms with E-state index in [2.05, 4.69) is 0 Å². The van der Waals surface area contributed by atoms with Crippen LogP contribution >= 0.6 is 0 Å². The molecular formula is C18H22O6. The third-order valence-corrected chi connectivity index (χ3v) is 6.21. The Morgan fingerprint density at radius 3 is 2.71 bits per heavy atom. The van der Waals surface area contributed by atoms with Crippen LogP contribution in [0.5, 0.6) is 0 Å². The van der Waals surface area contributed by atoms with Crippen molar-refractivity contribution in [2.45, 2.75) is 64.4 Å². The molecule has 0 spiro atoms. The second-order valence-electron chi connectivity index (χ2n) is 7.52. The Hall–Kier alpha value is -1.66.